The lowest BCUT2D eigenvalue weighted by molar-refractivity contribution is -0.00897. The molecule has 3 heteroatoms. The molecule has 2 saturated heterocycles. The molecule has 0 aromatic carbocycles. The summed E-state index contributed by atoms with van der Waals surface area (Å²) in [4.78, 5) is 2.46. The second-order valence-electron chi connectivity index (χ2n) is 5.26. The van der Waals surface area contributed by atoms with Gasteiger partial charge in [0.1, 0.15) is 0 Å². The highest BCUT2D eigenvalue weighted by Crippen LogP contribution is 2.22. The number of hydrogen-bond acceptors (Lipinski definition) is 3. The minimum absolute atomic E-state index is 0.416. The smallest absolute Gasteiger partial charge is 0.0644 e. The fourth-order valence-corrected chi connectivity index (χ4v) is 2.46. The van der Waals surface area contributed by atoms with Crippen LogP contribution in [0.3, 0.4) is 0 Å². The lowest BCUT2D eigenvalue weighted by Gasteiger charge is -2.36. The molecular weight excluding hydrogens is 190 g/mol. The van der Waals surface area contributed by atoms with Gasteiger partial charge in [-0.1, -0.05) is 0 Å². The Morgan fingerprint density at radius 1 is 1.40 bits per heavy atom. The molecule has 1 atom stereocenters. The van der Waals surface area contributed by atoms with Crippen LogP contribution in [0.5, 0.6) is 0 Å². The van der Waals surface area contributed by atoms with Crippen molar-refractivity contribution in [2.45, 2.75) is 50.7 Å². The third-order valence-corrected chi connectivity index (χ3v) is 3.72. The van der Waals surface area contributed by atoms with Crippen molar-refractivity contribution >= 4 is 0 Å². The Bertz CT molecular complexity index is 190. The number of rotatable bonds is 3. The number of hydrogen-bond donors (Lipinski definition) is 1. The highest BCUT2D eigenvalue weighted by molar-refractivity contribution is 4.82. The van der Waals surface area contributed by atoms with Gasteiger partial charge in [0, 0.05) is 26.2 Å². The molecule has 2 aliphatic rings. The van der Waals surface area contributed by atoms with E-state index >= 15 is 0 Å². The van der Waals surface area contributed by atoms with Gasteiger partial charge in [0.15, 0.2) is 0 Å². The van der Waals surface area contributed by atoms with Crippen molar-refractivity contribution in [3.8, 4) is 0 Å². The van der Waals surface area contributed by atoms with E-state index in [-0.39, 0.29) is 0 Å². The van der Waals surface area contributed by atoms with Gasteiger partial charge in [-0.25, -0.2) is 0 Å². The van der Waals surface area contributed by atoms with Gasteiger partial charge in [-0.05, 0) is 39.0 Å². The van der Waals surface area contributed by atoms with Crippen LogP contribution in [-0.2, 0) is 4.74 Å². The second kappa shape index (κ2) is 4.81. The van der Waals surface area contributed by atoms with E-state index in [4.69, 9.17) is 4.74 Å². The van der Waals surface area contributed by atoms with Crippen molar-refractivity contribution < 1.29 is 9.84 Å². The third kappa shape index (κ3) is 3.44. The van der Waals surface area contributed by atoms with E-state index in [9.17, 15) is 5.11 Å². The Labute approximate surface area is 92.4 Å². The molecule has 0 aromatic rings. The Kier molecular flexibility index (Phi) is 3.65. The van der Waals surface area contributed by atoms with E-state index in [1.807, 2.05) is 6.92 Å². The predicted molar refractivity (Wildman–Crippen MR) is 59.9 cm³/mol. The summed E-state index contributed by atoms with van der Waals surface area (Å²) < 4.78 is 5.61. The maximum atomic E-state index is 9.82. The molecule has 0 bridgehead atoms. The Hall–Kier alpha value is -0.120. The van der Waals surface area contributed by atoms with Crippen LogP contribution in [0.1, 0.15) is 39.0 Å². The molecule has 2 fully saturated rings. The molecule has 3 nitrogen and oxygen atoms in total. The molecule has 2 rings (SSSR count). The fraction of sp³-hybridized carbons (Fsp3) is 1.00. The summed E-state index contributed by atoms with van der Waals surface area (Å²) in [5, 5.41) is 9.82. The minimum Gasteiger partial charge on any atom is -0.390 e. The van der Waals surface area contributed by atoms with Gasteiger partial charge in [-0.2, -0.15) is 0 Å². The minimum atomic E-state index is -0.416. The average Bonchev–Trinajstić information content (AvgIpc) is 2.69. The van der Waals surface area contributed by atoms with Crippen LogP contribution in [-0.4, -0.2) is 48.0 Å². The molecule has 0 spiro atoms. The van der Waals surface area contributed by atoms with E-state index < -0.39 is 5.60 Å². The van der Waals surface area contributed by atoms with Gasteiger partial charge in [-0.3, -0.25) is 0 Å². The Morgan fingerprint density at radius 3 is 2.73 bits per heavy atom. The number of piperidine rings is 1. The maximum Gasteiger partial charge on any atom is 0.0644 e. The first-order chi connectivity index (χ1) is 7.16. The zero-order valence-corrected chi connectivity index (χ0v) is 9.74. The maximum absolute atomic E-state index is 9.82. The van der Waals surface area contributed by atoms with Crippen LogP contribution >= 0.6 is 0 Å². The van der Waals surface area contributed by atoms with Crippen molar-refractivity contribution in [1.29, 1.82) is 0 Å². The van der Waals surface area contributed by atoms with Crippen molar-refractivity contribution in [2.24, 2.45) is 0 Å². The summed E-state index contributed by atoms with van der Waals surface area (Å²) in [6.45, 7) is 6.13. The Morgan fingerprint density at radius 2 is 2.13 bits per heavy atom. The van der Waals surface area contributed by atoms with E-state index in [0.717, 1.165) is 39.1 Å². The monoisotopic (exact) mass is 213 g/mol. The average molecular weight is 213 g/mol. The van der Waals surface area contributed by atoms with Crippen LogP contribution in [0.15, 0.2) is 0 Å². The summed E-state index contributed by atoms with van der Waals surface area (Å²) in [5.41, 5.74) is -0.416. The highest BCUT2D eigenvalue weighted by Gasteiger charge is 2.27. The predicted octanol–water partition coefficient (Wildman–Crippen LogP) is 1.40. The lowest BCUT2D eigenvalue weighted by atomic mass is 9.94. The standard InChI is InChI=1S/C12H23NO2/c1-12(14)5-8-13(9-6-12)7-4-11-3-2-10-15-11/h11,14H,2-10H2,1H3. The van der Waals surface area contributed by atoms with Crippen molar-refractivity contribution in [3.05, 3.63) is 0 Å². The van der Waals surface area contributed by atoms with Crippen LogP contribution < -0.4 is 0 Å². The normalized spacial score (nSPS) is 32.0. The van der Waals surface area contributed by atoms with Gasteiger partial charge in [0.25, 0.3) is 0 Å². The fourth-order valence-electron chi connectivity index (χ4n) is 2.46. The molecule has 88 valence electrons. The van der Waals surface area contributed by atoms with E-state index in [0.29, 0.717) is 6.10 Å². The molecule has 2 heterocycles. The summed E-state index contributed by atoms with van der Waals surface area (Å²) in [7, 11) is 0. The molecule has 0 aliphatic carbocycles. The summed E-state index contributed by atoms with van der Waals surface area (Å²) >= 11 is 0. The third-order valence-electron chi connectivity index (χ3n) is 3.72. The quantitative estimate of drug-likeness (QED) is 0.769. The number of ether oxygens (including phenoxy) is 1. The Balaban J connectivity index is 1.64. The summed E-state index contributed by atoms with van der Waals surface area (Å²) in [6, 6.07) is 0. The van der Waals surface area contributed by atoms with E-state index in [2.05, 4.69) is 4.90 Å². The first-order valence-electron chi connectivity index (χ1n) is 6.22. The van der Waals surface area contributed by atoms with Crippen LogP contribution in [0.25, 0.3) is 0 Å². The highest BCUT2D eigenvalue weighted by atomic mass is 16.5. The van der Waals surface area contributed by atoms with Crippen LogP contribution in [0.4, 0.5) is 0 Å². The number of nitrogens with zero attached hydrogens (tertiary/aromatic N) is 1. The topological polar surface area (TPSA) is 32.7 Å². The molecule has 0 radical (unpaired) electrons. The number of aliphatic hydroxyl groups is 1. The van der Waals surface area contributed by atoms with E-state index in [1.165, 1.54) is 19.3 Å². The largest absolute Gasteiger partial charge is 0.390 e. The molecule has 1 unspecified atom stereocenters. The first-order valence-corrected chi connectivity index (χ1v) is 6.22. The summed E-state index contributed by atoms with van der Waals surface area (Å²) in [5.74, 6) is 0. The molecular formula is C12H23NO2. The number of likely N-dealkylation sites (tertiary alicyclic amines) is 1. The zero-order chi connectivity index (χ0) is 10.7. The summed E-state index contributed by atoms with van der Waals surface area (Å²) in [6.07, 6.45) is 5.98. The van der Waals surface area contributed by atoms with Crippen molar-refractivity contribution in [2.75, 3.05) is 26.2 Å². The van der Waals surface area contributed by atoms with E-state index in [1.54, 1.807) is 0 Å². The zero-order valence-electron chi connectivity index (χ0n) is 9.74. The van der Waals surface area contributed by atoms with Crippen LogP contribution in [0.2, 0.25) is 0 Å². The molecule has 0 amide bonds. The van der Waals surface area contributed by atoms with Gasteiger partial charge in [0.2, 0.25) is 0 Å². The second-order valence-corrected chi connectivity index (χ2v) is 5.26. The SMILES string of the molecule is CC1(O)CCN(CCC2CCCO2)CC1. The van der Waals surface area contributed by atoms with Gasteiger partial charge in [0.05, 0.1) is 11.7 Å². The molecule has 15 heavy (non-hydrogen) atoms. The molecule has 2 aliphatic heterocycles. The van der Waals surface area contributed by atoms with Crippen LogP contribution in [0, 0.1) is 0 Å². The molecule has 0 saturated carbocycles. The van der Waals surface area contributed by atoms with Crippen molar-refractivity contribution in [3.63, 3.8) is 0 Å². The van der Waals surface area contributed by atoms with Gasteiger partial charge < -0.3 is 14.7 Å². The lowest BCUT2D eigenvalue weighted by Crippen LogP contribution is -2.43. The van der Waals surface area contributed by atoms with Crippen molar-refractivity contribution in [1.82, 2.24) is 4.90 Å². The molecule has 1 N–H and O–H groups in total. The molecule has 0 aromatic heterocycles. The van der Waals surface area contributed by atoms with Gasteiger partial charge in [-0.15, -0.1) is 0 Å². The first kappa shape index (κ1) is 11.4. The van der Waals surface area contributed by atoms with Gasteiger partial charge >= 0.3 is 0 Å².